The SMILES string of the molecule is NC1=CCC2=C(CCCC2=O)O1. The molecule has 12 heavy (non-hydrogen) atoms. The maximum absolute atomic E-state index is 11.3. The van der Waals surface area contributed by atoms with Gasteiger partial charge in [0.25, 0.3) is 0 Å². The van der Waals surface area contributed by atoms with E-state index in [2.05, 4.69) is 0 Å². The Morgan fingerprint density at radius 2 is 2.25 bits per heavy atom. The monoisotopic (exact) mass is 165 g/mol. The zero-order valence-electron chi connectivity index (χ0n) is 6.80. The summed E-state index contributed by atoms with van der Waals surface area (Å²) in [7, 11) is 0. The highest BCUT2D eigenvalue weighted by molar-refractivity contribution is 5.97. The minimum Gasteiger partial charge on any atom is -0.446 e. The number of allylic oxidation sites excluding steroid dienone is 3. The number of ether oxygens (including phenoxy) is 1. The molecule has 2 aliphatic rings. The van der Waals surface area contributed by atoms with E-state index in [4.69, 9.17) is 10.5 Å². The highest BCUT2D eigenvalue weighted by atomic mass is 16.5. The fourth-order valence-electron chi connectivity index (χ4n) is 1.59. The van der Waals surface area contributed by atoms with Crippen molar-refractivity contribution in [1.29, 1.82) is 0 Å². The van der Waals surface area contributed by atoms with Gasteiger partial charge in [-0.05, 0) is 12.5 Å². The summed E-state index contributed by atoms with van der Waals surface area (Å²) in [5, 5.41) is 0. The minimum atomic E-state index is 0.222. The van der Waals surface area contributed by atoms with E-state index in [9.17, 15) is 4.79 Å². The van der Waals surface area contributed by atoms with Crippen molar-refractivity contribution in [3.8, 4) is 0 Å². The largest absolute Gasteiger partial charge is 0.446 e. The molecule has 0 saturated heterocycles. The second kappa shape index (κ2) is 2.66. The molecule has 0 atom stereocenters. The predicted octanol–water partition coefficient (Wildman–Crippen LogP) is 1.21. The average Bonchev–Trinajstić information content (AvgIpc) is 2.04. The Labute approximate surface area is 70.9 Å². The van der Waals surface area contributed by atoms with Crippen LogP contribution in [0.2, 0.25) is 0 Å². The number of hydrogen-bond acceptors (Lipinski definition) is 3. The number of nitrogens with two attached hydrogens (primary N) is 1. The molecule has 0 spiro atoms. The van der Waals surface area contributed by atoms with Crippen LogP contribution in [0.15, 0.2) is 23.3 Å². The minimum absolute atomic E-state index is 0.222. The lowest BCUT2D eigenvalue weighted by molar-refractivity contribution is -0.116. The molecular weight excluding hydrogens is 154 g/mol. The van der Waals surface area contributed by atoms with E-state index >= 15 is 0 Å². The van der Waals surface area contributed by atoms with Gasteiger partial charge in [0.15, 0.2) is 11.7 Å². The summed E-state index contributed by atoms with van der Waals surface area (Å²) in [5.41, 5.74) is 6.31. The van der Waals surface area contributed by atoms with Crippen molar-refractivity contribution in [2.24, 2.45) is 5.73 Å². The van der Waals surface area contributed by atoms with Crippen LogP contribution in [0, 0.1) is 0 Å². The van der Waals surface area contributed by atoms with Crippen molar-refractivity contribution in [2.75, 3.05) is 0 Å². The summed E-state index contributed by atoms with van der Waals surface area (Å²) in [6.07, 6.45) is 4.82. The number of hydrogen-bond donors (Lipinski definition) is 1. The van der Waals surface area contributed by atoms with Gasteiger partial charge in [-0.1, -0.05) is 0 Å². The van der Waals surface area contributed by atoms with Crippen LogP contribution in [0.3, 0.4) is 0 Å². The fraction of sp³-hybridized carbons (Fsp3) is 0.444. The fourth-order valence-corrected chi connectivity index (χ4v) is 1.59. The molecule has 0 amide bonds. The molecule has 0 saturated carbocycles. The highest BCUT2D eigenvalue weighted by Gasteiger charge is 2.23. The third kappa shape index (κ3) is 1.11. The molecule has 0 aromatic heterocycles. The first-order valence-corrected chi connectivity index (χ1v) is 4.16. The second-order valence-corrected chi connectivity index (χ2v) is 3.09. The maximum atomic E-state index is 11.3. The van der Waals surface area contributed by atoms with Crippen LogP contribution in [0.5, 0.6) is 0 Å². The lowest BCUT2D eigenvalue weighted by Gasteiger charge is -2.22. The zero-order valence-corrected chi connectivity index (χ0v) is 6.80. The summed E-state index contributed by atoms with van der Waals surface area (Å²) in [5.74, 6) is 1.45. The Morgan fingerprint density at radius 3 is 3.08 bits per heavy atom. The standard InChI is InChI=1S/C9H11NO2/c10-9-5-4-6-7(11)2-1-3-8(6)12-9/h5H,1-4,10H2. The van der Waals surface area contributed by atoms with Gasteiger partial charge in [0.05, 0.1) is 0 Å². The zero-order chi connectivity index (χ0) is 8.55. The first-order chi connectivity index (χ1) is 5.77. The van der Waals surface area contributed by atoms with E-state index in [0.717, 1.165) is 24.2 Å². The Morgan fingerprint density at radius 1 is 1.42 bits per heavy atom. The number of rotatable bonds is 0. The summed E-state index contributed by atoms with van der Waals surface area (Å²) < 4.78 is 5.26. The first kappa shape index (κ1) is 7.40. The topological polar surface area (TPSA) is 52.3 Å². The van der Waals surface area contributed by atoms with E-state index in [1.54, 1.807) is 6.08 Å². The van der Waals surface area contributed by atoms with Crippen LogP contribution in [-0.4, -0.2) is 5.78 Å². The molecule has 0 bridgehead atoms. The Hall–Kier alpha value is -1.25. The molecule has 0 radical (unpaired) electrons. The van der Waals surface area contributed by atoms with Crippen LogP contribution in [0.1, 0.15) is 25.7 Å². The second-order valence-electron chi connectivity index (χ2n) is 3.09. The van der Waals surface area contributed by atoms with Crippen molar-refractivity contribution < 1.29 is 9.53 Å². The summed E-state index contributed by atoms with van der Waals surface area (Å²) in [6.45, 7) is 0. The number of ketones is 1. The number of carbonyl (C=O) groups excluding carboxylic acids is 1. The molecule has 0 aromatic carbocycles. The number of Topliss-reactive ketones (excluding diaryl/α,β-unsaturated/α-hetero) is 1. The molecule has 0 aromatic rings. The van der Waals surface area contributed by atoms with Crippen LogP contribution in [-0.2, 0) is 9.53 Å². The first-order valence-electron chi connectivity index (χ1n) is 4.16. The van der Waals surface area contributed by atoms with E-state index < -0.39 is 0 Å². The maximum Gasteiger partial charge on any atom is 0.186 e. The summed E-state index contributed by atoms with van der Waals surface area (Å²) >= 11 is 0. The molecule has 3 nitrogen and oxygen atoms in total. The van der Waals surface area contributed by atoms with Crippen LogP contribution >= 0.6 is 0 Å². The van der Waals surface area contributed by atoms with E-state index in [-0.39, 0.29) is 5.78 Å². The van der Waals surface area contributed by atoms with Gasteiger partial charge in [-0.2, -0.15) is 0 Å². The van der Waals surface area contributed by atoms with Crippen molar-refractivity contribution in [3.63, 3.8) is 0 Å². The van der Waals surface area contributed by atoms with Gasteiger partial charge < -0.3 is 10.5 Å². The summed E-state index contributed by atoms with van der Waals surface area (Å²) in [6, 6.07) is 0. The van der Waals surface area contributed by atoms with Crippen molar-refractivity contribution in [3.05, 3.63) is 23.3 Å². The van der Waals surface area contributed by atoms with Gasteiger partial charge in [0, 0.05) is 24.8 Å². The van der Waals surface area contributed by atoms with E-state index in [1.807, 2.05) is 0 Å². The third-order valence-corrected chi connectivity index (χ3v) is 2.23. The molecular formula is C9H11NO2. The smallest absolute Gasteiger partial charge is 0.186 e. The molecule has 2 rings (SSSR count). The van der Waals surface area contributed by atoms with Crippen LogP contribution in [0.4, 0.5) is 0 Å². The Bertz CT molecular complexity index is 289. The molecule has 3 heteroatoms. The van der Waals surface area contributed by atoms with E-state index in [1.165, 1.54) is 0 Å². The predicted molar refractivity (Wildman–Crippen MR) is 43.9 cm³/mol. The lowest BCUT2D eigenvalue weighted by atomic mass is 9.93. The quantitative estimate of drug-likeness (QED) is 0.587. The van der Waals surface area contributed by atoms with Gasteiger partial charge in [0.1, 0.15) is 5.76 Å². The molecule has 0 unspecified atom stereocenters. The van der Waals surface area contributed by atoms with Gasteiger partial charge in [-0.3, -0.25) is 4.79 Å². The van der Waals surface area contributed by atoms with Crippen LogP contribution < -0.4 is 5.73 Å². The number of carbonyl (C=O) groups is 1. The van der Waals surface area contributed by atoms with Gasteiger partial charge in [-0.25, -0.2) is 0 Å². The molecule has 1 aliphatic heterocycles. The lowest BCUT2D eigenvalue weighted by Crippen LogP contribution is -2.18. The Kier molecular flexibility index (Phi) is 1.64. The molecule has 2 N–H and O–H groups in total. The third-order valence-electron chi connectivity index (χ3n) is 2.23. The van der Waals surface area contributed by atoms with Gasteiger partial charge in [-0.15, -0.1) is 0 Å². The van der Waals surface area contributed by atoms with Gasteiger partial charge >= 0.3 is 0 Å². The molecule has 1 heterocycles. The highest BCUT2D eigenvalue weighted by Crippen LogP contribution is 2.29. The van der Waals surface area contributed by atoms with Crippen molar-refractivity contribution in [1.82, 2.24) is 0 Å². The molecule has 1 aliphatic carbocycles. The van der Waals surface area contributed by atoms with E-state index in [0.29, 0.717) is 18.7 Å². The summed E-state index contributed by atoms with van der Waals surface area (Å²) in [4.78, 5) is 11.3. The Balaban J connectivity index is 2.27. The van der Waals surface area contributed by atoms with Crippen molar-refractivity contribution in [2.45, 2.75) is 25.7 Å². The molecule has 0 fully saturated rings. The molecule has 64 valence electrons. The van der Waals surface area contributed by atoms with Gasteiger partial charge in [0.2, 0.25) is 0 Å². The normalized spacial score (nSPS) is 23.0. The van der Waals surface area contributed by atoms with Crippen LogP contribution in [0.25, 0.3) is 0 Å². The van der Waals surface area contributed by atoms with Crippen molar-refractivity contribution >= 4 is 5.78 Å². The average molecular weight is 165 g/mol.